The topological polar surface area (TPSA) is 120 Å². The number of aromatic nitrogens is 3. The number of benzene rings is 3. The maximum Gasteiger partial charge on any atom is 0.358 e. The second kappa shape index (κ2) is 10.6. The summed E-state index contributed by atoms with van der Waals surface area (Å²) in [5.41, 5.74) is 4.76. The van der Waals surface area contributed by atoms with Gasteiger partial charge in [-0.3, -0.25) is 4.98 Å². The Bertz CT molecular complexity index is 1820. The number of hydrogen-bond donors (Lipinski definition) is 1. The van der Waals surface area contributed by atoms with Gasteiger partial charge in [-0.15, -0.1) is 11.3 Å². The lowest BCUT2D eigenvalue weighted by Crippen LogP contribution is -2.28. The number of nitrogens with zero attached hydrogens (tertiary/aromatic N) is 3. The lowest BCUT2D eigenvalue weighted by atomic mass is 10.1. The normalized spacial score (nSPS) is 11.7. The number of carbonyl (C=O) groups is 1. The number of hydrogen-bond acceptors (Lipinski definition) is 9. The number of rotatable bonds is 8. The second-order valence-corrected chi connectivity index (χ2v) is 11.5. The van der Waals surface area contributed by atoms with E-state index in [2.05, 4.69) is 14.7 Å². The van der Waals surface area contributed by atoms with Crippen LogP contribution in [0.4, 0.5) is 4.39 Å². The Morgan fingerprint density at radius 1 is 1.05 bits per heavy atom. The summed E-state index contributed by atoms with van der Waals surface area (Å²) in [6, 6.07) is 12.1. The van der Waals surface area contributed by atoms with Crippen LogP contribution >= 0.6 is 11.3 Å². The van der Waals surface area contributed by atoms with Crippen LogP contribution in [0.25, 0.3) is 31.8 Å². The van der Waals surface area contributed by atoms with E-state index in [1.165, 1.54) is 36.8 Å². The summed E-state index contributed by atoms with van der Waals surface area (Å²) in [5.74, 6) is -0.489. The molecule has 5 rings (SSSR count). The van der Waals surface area contributed by atoms with Crippen LogP contribution in [-0.2, 0) is 14.8 Å². The maximum atomic E-state index is 13.1. The van der Waals surface area contributed by atoms with Gasteiger partial charge >= 0.3 is 5.97 Å². The SMILES string of the molecule is COC(=O)c1cnc2c(-c3nc4c(C)cc(OCCNS(=O)(=O)c5ccc(F)cc5)cc4s3)cc(C)cc2n1. The molecule has 0 fully saturated rings. The zero-order valence-electron chi connectivity index (χ0n) is 21.2. The molecule has 0 aliphatic carbocycles. The van der Waals surface area contributed by atoms with Crippen LogP contribution in [0.3, 0.4) is 0 Å². The third-order valence-electron chi connectivity index (χ3n) is 5.86. The molecule has 3 aromatic carbocycles. The number of sulfonamides is 1. The molecule has 0 saturated heterocycles. The van der Waals surface area contributed by atoms with Crippen LogP contribution in [0.2, 0.25) is 0 Å². The minimum Gasteiger partial charge on any atom is -0.492 e. The van der Waals surface area contributed by atoms with E-state index in [0.29, 0.717) is 16.8 Å². The number of thiazole rings is 1. The summed E-state index contributed by atoms with van der Waals surface area (Å²) < 4.78 is 51.8. The van der Waals surface area contributed by atoms with Crippen LogP contribution in [-0.4, -0.2) is 49.6 Å². The highest BCUT2D eigenvalue weighted by Gasteiger charge is 2.17. The molecule has 0 radical (unpaired) electrons. The van der Waals surface area contributed by atoms with E-state index in [9.17, 15) is 17.6 Å². The highest BCUT2D eigenvalue weighted by molar-refractivity contribution is 7.89. The predicted molar refractivity (Wildman–Crippen MR) is 146 cm³/mol. The van der Waals surface area contributed by atoms with Crippen molar-refractivity contribution in [1.29, 1.82) is 0 Å². The molecule has 2 aromatic heterocycles. The fraction of sp³-hybridized carbons (Fsp3) is 0.185. The van der Waals surface area contributed by atoms with Crippen LogP contribution < -0.4 is 9.46 Å². The first-order chi connectivity index (χ1) is 18.6. The van der Waals surface area contributed by atoms with Gasteiger partial charge in [0.25, 0.3) is 0 Å². The lowest BCUT2D eigenvalue weighted by Gasteiger charge is -2.09. The van der Waals surface area contributed by atoms with Gasteiger partial charge in [0.1, 0.15) is 23.2 Å². The summed E-state index contributed by atoms with van der Waals surface area (Å²) in [4.78, 5) is 25.6. The summed E-state index contributed by atoms with van der Waals surface area (Å²) in [7, 11) is -2.48. The molecule has 0 atom stereocenters. The predicted octanol–water partition coefficient (Wildman–Crippen LogP) is 4.81. The van der Waals surface area contributed by atoms with Crippen molar-refractivity contribution >= 4 is 48.6 Å². The first-order valence-electron chi connectivity index (χ1n) is 11.8. The molecular formula is C27H23FN4O5S2. The standard InChI is InChI=1S/C27H23FN4O5S2/c1-15-10-20(25-21(11-15)31-22(14-29-25)27(33)36-3)26-32-24-16(2)12-18(13-23(24)38-26)37-9-8-30-39(34,35)19-6-4-17(28)5-7-19/h4-7,10-14,30H,8-9H2,1-3H3. The van der Waals surface area contributed by atoms with Gasteiger partial charge in [0.2, 0.25) is 10.0 Å². The van der Waals surface area contributed by atoms with Crippen molar-refractivity contribution in [3.63, 3.8) is 0 Å². The van der Waals surface area contributed by atoms with E-state index in [0.717, 1.165) is 44.0 Å². The van der Waals surface area contributed by atoms with Gasteiger partial charge in [-0.25, -0.2) is 32.3 Å². The van der Waals surface area contributed by atoms with Crippen LogP contribution in [0.5, 0.6) is 5.75 Å². The lowest BCUT2D eigenvalue weighted by molar-refractivity contribution is 0.0594. The zero-order chi connectivity index (χ0) is 27.7. The Labute approximate surface area is 227 Å². The van der Waals surface area contributed by atoms with Gasteiger partial charge in [0.15, 0.2) is 5.69 Å². The van der Waals surface area contributed by atoms with Crippen LogP contribution in [0.1, 0.15) is 21.6 Å². The third kappa shape index (κ3) is 5.58. The van der Waals surface area contributed by atoms with Gasteiger partial charge in [-0.2, -0.15) is 0 Å². The van der Waals surface area contributed by atoms with Crippen molar-refractivity contribution < 1.29 is 27.1 Å². The summed E-state index contributed by atoms with van der Waals surface area (Å²) >= 11 is 1.47. The first-order valence-corrected chi connectivity index (χ1v) is 14.1. The minimum atomic E-state index is -3.77. The highest BCUT2D eigenvalue weighted by atomic mass is 32.2. The Balaban J connectivity index is 1.36. The maximum absolute atomic E-state index is 13.1. The Hall–Kier alpha value is -4.00. The Morgan fingerprint density at radius 3 is 2.56 bits per heavy atom. The number of ether oxygens (including phenoxy) is 2. The summed E-state index contributed by atoms with van der Waals surface area (Å²) in [5, 5.41) is 0.742. The molecule has 0 amide bonds. The van der Waals surface area contributed by atoms with Gasteiger partial charge in [-0.1, -0.05) is 0 Å². The molecule has 12 heteroatoms. The number of esters is 1. The van der Waals surface area contributed by atoms with Gasteiger partial charge < -0.3 is 9.47 Å². The van der Waals surface area contributed by atoms with Crippen molar-refractivity contribution in [2.75, 3.05) is 20.3 Å². The number of methoxy groups -OCH3 is 1. The van der Waals surface area contributed by atoms with Crippen molar-refractivity contribution in [2.24, 2.45) is 0 Å². The molecule has 0 unspecified atom stereocenters. The van der Waals surface area contributed by atoms with E-state index in [1.807, 2.05) is 38.1 Å². The fourth-order valence-electron chi connectivity index (χ4n) is 4.04. The van der Waals surface area contributed by atoms with Gasteiger partial charge in [-0.05, 0) is 73.5 Å². The second-order valence-electron chi connectivity index (χ2n) is 8.73. The van der Waals surface area contributed by atoms with E-state index >= 15 is 0 Å². The largest absolute Gasteiger partial charge is 0.492 e. The number of halogens is 1. The molecule has 0 bridgehead atoms. The summed E-state index contributed by atoms with van der Waals surface area (Å²) in [6.45, 7) is 3.99. The van der Waals surface area contributed by atoms with Crippen molar-refractivity contribution in [3.05, 3.63) is 77.4 Å². The average molecular weight is 567 g/mol. The van der Waals surface area contributed by atoms with E-state index in [4.69, 9.17) is 14.5 Å². The highest BCUT2D eigenvalue weighted by Crippen LogP contribution is 2.37. The number of aryl methyl sites for hydroxylation is 2. The molecule has 39 heavy (non-hydrogen) atoms. The minimum absolute atomic E-state index is 0.0202. The number of carbonyl (C=O) groups excluding carboxylic acids is 1. The molecule has 2 heterocycles. The van der Waals surface area contributed by atoms with E-state index < -0.39 is 21.8 Å². The van der Waals surface area contributed by atoms with Gasteiger partial charge in [0, 0.05) is 12.1 Å². The van der Waals surface area contributed by atoms with Crippen LogP contribution in [0.15, 0.2) is 59.6 Å². The molecule has 0 aliphatic rings. The zero-order valence-corrected chi connectivity index (χ0v) is 22.8. The Morgan fingerprint density at radius 2 is 1.82 bits per heavy atom. The number of fused-ring (bicyclic) bond motifs is 2. The average Bonchev–Trinajstić information content (AvgIpc) is 3.35. The monoisotopic (exact) mass is 566 g/mol. The molecule has 5 aromatic rings. The molecule has 0 saturated carbocycles. The van der Waals surface area contributed by atoms with E-state index in [1.54, 1.807) is 0 Å². The quantitative estimate of drug-likeness (QED) is 0.210. The molecule has 0 spiro atoms. The molecule has 9 nitrogen and oxygen atoms in total. The molecular weight excluding hydrogens is 543 g/mol. The van der Waals surface area contributed by atoms with Gasteiger partial charge in [0.05, 0.1) is 39.5 Å². The van der Waals surface area contributed by atoms with Crippen molar-refractivity contribution in [2.45, 2.75) is 18.7 Å². The fourth-order valence-corrected chi connectivity index (χ4v) is 6.14. The molecule has 0 aliphatic heterocycles. The van der Waals surface area contributed by atoms with Crippen molar-refractivity contribution in [1.82, 2.24) is 19.7 Å². The summed E-state index contributed by atoms with van der Waals surface area (Å²) in [6.07, 6.45) is 1.39. The third-order valence-corrected chi connectivity index (χ3v) is 8.37. The van der Waals surface area contributed by atoms with E-state index in [-0.39, 0.29) is 23.7 Å². The first kappa shape index (κ1) is 26.6. The Kier molecular flexibility index (Phi) is 7.25. The van der Waals surface area contributed by atoms with Crippen molar-refractivity contribution in [3.8, 4) is 16.3 Å². The molecule has 200 valence electrons. The van der Waals surface area contributed by atoms with Crippen LogP contribution in [0, 0.1) is 19.7 Å². The molecule has 1 N–H and O–H groups in total. The number of nitrogens with one attached hydrogen (secondary N) is 1. The smallest absolute Gasteiger partial charge is 0.358 e.